The van der Waals surface area contributed by atoms with Crippen molar-refractivity contribution in [3.8, 4) is 0 Å². The SMILES string of the molecule is C=C1C(=O)C23C(O)CC4C(C)(C)c5nc(NC6CCCCC6)sc5CC4(C)C2CCC1C3O. The van der Waals surface area contributed by atoms with Gasteiger partial charge in [-0.2, -0.15) is 0 Å². The van der Waals surface area contributed by atoms with E-state index in [9.17, 15) is 15.0 Å². The molecule has 180 valence electrons. The number of aromatic nitrogens is 1. The average molecular weight is 471 g/mol. The fourth-order valence-corrected chi connectivity index (χ4v) is 10.5. The van der Waals surface area contributed by atoms with Gasteiger partial charge in [0.15, 0.2) is 10.9 Å². The Morgan fingerprint density at radius 2 is 1.79 bits per heavy atom. The highest BCUT2D eigenvalue weighted by Crippen LogP contribution is 2.70. The molecule has 5 aliphatic carbocycles. The predicted molar refractivity (Wildman–Crippen MR) is 130 cm³/mol. The Bertz CT molecular complexity index is 1010. The van der Waals surface area contributed by atoms with Crippen LogP contribution in [0.1, 0.15) is 82.7 Å². The molecule has 6 rings (SSSR count). The first-order chi connectivity index (χ1) is 15.6. The second-order valence-corrected chi connectivity index (χ2v) is 13.5. The van der Waals surface area contributed by atoms with E-state index in [-0.39, 0.29) is 34.4 Å². The number of nitrogens with one attached hydrogen (secondary N) is 1. The number of rotatable bonds is 2. The smallest absolute Gasteiger partial charge is 0.183 e. The maximum absolute atomic E-state index is 13.6. The van der Waals surface area contributed by atoms with Crippen molar-refractivity contribution >= 4 is 22.3 Å². The third-order valence-electron chi connectivity index (χ3n) is 10.6. The molecule has 4 fully saturated rings. The first-order valence-electron chi connectivity index (χ1n) is 13.0. The van der Waals surface area contributed by atoms with Gasteiger partial charge in [0, 0.05) is 22.3 Å². The van der Waals surface area contributed by atoms with Gasteiger partial charge in [0.25, 0.3) is 0 Å². The van der Waals surface area contributed by atoms with Crippen molar-refractivity contribution in [2.75, 3.05) is 5.32 Å². The van der Waals surface area contributed by atoms with Crippen LogP contribution in [0.2, 0.25) is 0 Å². The summed E-state index contributed by atoms with van der Waals surface area (Å²) >= 11 is 1.80. The number of ketones is 1. The molecule has 33 heavy (non-hydrogen) atoms. The van der Waals surface area contributed by atoms with Crippen molar-refractivity contribution in [2.45, 2.75) is 102 Å². The number of carbonyl (C=O) groups is 1. The summed E-state index contributed by atoms with van der Waals surface area (Å²) in [6.07, 6.45) is 7.78. The molecule has 1 spiro atoms. The van der Waals surface area contributed by atoms with Gasteiger partial charge in [-0.15, -0.1) is 11.3 Å². The Kier molecular flexibility index (Phi) is 4.81. The van der Waals surface area contributed by atoms with Gasteiger partial charge in [-0.1, -0.05) is 46.6 Å². The molecule has 7 unspecified atom stereocenters. The first kappa shape index (κ1) is 22.2. The van der Waals surface area contributed by atoms with Crippen LogP contribution in [0.3, 0.4) is 0 Å². The van der Waals surface area contributed by atoms with Crippen LogP contribution in [0.5, 0.6) is 0 Å². The number of aliphatic hydroxyl groups is 2. The lowest BCUT2D eigenvalue weighted by Gasteiger charge is -2.64. The topological polar surface area (TPSA) is 82.5 Å². The Balaban J connectivity index is 1.41. The molecular formula is C27H38N2O3S. The van der Waals surface area contributed by atoms with E-state index in [0.717, 1.165) is 24.4 Å². The summed E-state index contributed by atoms with van der Waals surface area (Å²) in [7, 11) is 0. The minimum Gasteiger partial charge on any atom is -0.392 e. The molecule has 6 heteroatoms. The van der Waals surface area contributed by atoms with E-state index in [1.807, 2.05) is 0 Å². The third-order valence-corrected chi connectivity index (χ3v) is 11.6. The van der Waals surface area contributed by atoms with Gasteiger partial charge in [0.1, 0.15) is 0 Å². The van der Waals surface area contributed by atoms with Crippen LogP contribution in [0.4, 0.5) is 5.13 Å². The van der Waals surface area contributed by atoms with Crippen molar-refractivity contribution in [3.63, 3.8) is 0 Å². The van der Waals surface area contributed by atoms with Crippen molar-refractivity contribution in [2.24, 2.45) is 28.6 Å². The first-order valence-corrected chi connectivity index (χ1v) is 13.8. The summed E-state index contributed by atoms with van der Waals surface area (Å²) in [6, 6.07) is 0.518. The number of fused-ring (bicyclic) bond motifs is 4. The van der Waals surface area contributed by atoms with Gasteiger partial charge >= 0.3 is 0 Å². The fourth-order valence-electron chi connectivity index (χ4n) is 9.11. The molecule has 5 nitrogen and oxygen atoms in total. The molecular weight excluding hydrogens is 432 g/mol. The highest BCUT2D eigenvalue weighted by molar-refractivity contribution is 7.15. The number of Topliss-reactive ketones (excluding diaryl/α,β-unsaturated/α-hetero) is 1. The molecule has 7 atom stereocenters. The van der Waals surface area contributed by atoms with Gasteiger partial charge in [0.2, 0.25) is 0 Å². The molecule has 3 N–H and O–H groups in total. The quantitative estimate of drug-likeness (QED) is 0.550. The van der Waals surface area contributed by atoms with Crippen molar-refractivity contribution in [1.29, 1.82) is 0 Å². The summed E-state index contributed by atoms with van der Waals surface area (Å²) in [5.74, 6) is -0.0909. The minimum absolute atomic E-state index is 0.0407. The Labute approximate surface area is 201 Å². The van der Waals surface area contributed by atoms with E-state index < -0.39 is 17.6 Å². The molecule has 0 aromatic carbocycles. The summed E-state index contributed by atoms with van der Waals surface area (Å²) in [6.45, 7) is 10.9. The fraction of sp³-hybridized carbons (Fsp3) is 0.778. The van der Waals surface area contributed by atoms with E-state index in [2.05, 4.69) is 32.7 Å². The number of carbonyl (C=O) groups excluding carboxylic acids is 1. The Hall–Kier alpha value is -1.24. The van der Waals surface area contributed by atoms with Crippen LogP contribution >= 0.6 is 11.3 Å². The van der Waals surface area contributed by atoms with Gasteiger partial charge in [-0.05, 0) is 61.3 Å². The van der Waals surface area contributed by atoms with Crippen molar-refractivity contribution < 1.29 is 15.0 Å². The molecule has 1 aromatic heterocycles. The van der Waals surface area contributed by atoms with Crippen molar-refractivity contribution in [3.05, 3.63) is 22.7 Å². The van der Waals surface area contributed by atoms with Gasteiger partial charge in [0.05, 0.1) is 23.3 Å². The van der Waals surface area contributed by atoms with Crippen LogP contribution in [0.25, 0.3) is 0 Å². The summed E-state index contributed by atoms with van der Waals surface area (Å²) in [5.41, 5.74) is 0.268. The zero-order valence-electron chi connectivity index (χ0n) is 20.2. The third kappa shape index (κ3) is 2.72. The van der Waals surface area contributed by atoms with Crippen LogP contribution in [-0.4, -0.2) is 39.2 Å². The van der Waals surface area contributed by atoms with E-state index in [1.54, 1.807) is 11.3 Å². The Morgan fingerprint density at radius 3 is 2.52 bits per heavy atom. The molecule has 0 radical (unpaired) electrons. The maximum atomic E-state index is 13.6. The molecule has 0 amide bonds. The molecule has 0 aliphatic heterocycles. The highest BCUT2D eigenvalue weighted by Gasteiger charge is 2.74. The number of anilines is 1. The standard InChI is InChI=1S/C27H38N2O3S/c1-14-16-10-11-18-26(4)13-17-21(29-24(33-17)28-15-8-6-5-7-9-15)25(2,3)19(26)12-20(30)27(18,22(14)31)23(16)32/h15-16,18-20,23,30,32H,1,5-13H2,2-4H3,(H,28,29). The number of hydrogen-bond acceptors (Lipinski definition) is 6. The molecule has 5 aliphatic rings. The number of hydrogen-bond donors (Lipinski definition) is 3. The predicted octanol–water partition coefficient (Wildman–Crippen LogP) is 4.62. The monoisotopic (exact) mass is 470 g/mol. The summed E-state index contributed by atoms with van der Waals surface area (Å²) in [5, 5.41) is 27.7. The summed E-state index contributed by atoms with van der Waals surface area (Å²) in [4.78, 5) is 20.0. The second kappa shape index (κ2) is 7.14. The van der Waals surface area contributed by atoms with E-state index >= 15 is 0 Å². The normalized spacial score (nSPS) is 44.2. The zero-order valence-corrected chi connectivity index (χ0v) is 21.0. The average Bonchev–Trinajstić information content (AvgIpc) is 3.21. The van der Waals surface area contributed by atoms with E-state index in [0.29, 0.717) is 18.0 Å². The van der Waals surface area contributed by atoms with Crippen molar-refractivity contribution in [1.82, 2.24) is 4.98 Å². The lowest BCUT2D eigenvalue weighted by Crippen LogP contribution is -2.68. The van der Waals surface area contributed by atoms with Crippen LogP contribution in [-0.2, 0) is 16.6 Å². The number of aliphatic hydroxyl groups excluding tert-OH is 2. The van der Waals surface area contributed by atoms with Gasteiger partial charge in [-0.3, -0.25) is 4.79 Å². The minimum atomic E-state index is -1.08. The lowest BCUT2D eigenvalue weighted by molar-refractivity contribution is -0.212. The molecule has 1 aromatic rings. The zero-order chi connectivity index (χ0) is 23.3. The largest absolute Gasteiger partial charge is 0.392 e. The number of thiazole rings is 1. The molecule has 0 saturated heterocycles. The van der Waals surface area contributed by atoms with Crippen LogP contribution < -0.4 is 5.32 Å². The van der Waals surface area contributed by atoms with Crippen LogP contribution in [0, 0.1) is 28.6 Å². The molecule has 2 bridgehead atoms. The highest BCUT2D eigenvalue weighted by atomic mass is 32.1. The van der Waals surface area contributed by atoms with E-state index in [4.69, 9.17) is 4.98 Å². The number of nitrogens with zero attached hydrogens (tertiary/aromatic N) is 1. The second-order valence-electron chi connectivity index (χ2n) is 12.4. The van der Waals surface area contributed by atoms with E-state index in [1.165, 1.54) is 42.7 Å². The summed E-state index contributed by atoms with van der Waals surface area (Å²) < 4.78 is 0. The Morgan fingerprint density at radius 1 is 1.06 bits per heavy atom. The maximum Gasteiger partial charge on any atom is 0.183 e. The van der Waals surface area contributed by atoms with Crippen LogP contribution in [0.15, 0.2) is 12.2 Å². The molecule has 1 heterocycles. The van der Waals surface area contributed by atoms with Gasteiger partial charge in [-0.25, -0.2) is 4.98 Å². The molecule has 4 saturated carbocycles. The lowest BCUT2D eigenvalue weighted by atomic mass is 9.40. The van der Waals surface area contributed by atoms with Gasteiger partial charge < -0.3 is 15.5 Å².